The van der Waals surface area contributed by atoms with Crippen LogP contribution in [0.3, 0.4) is 0 Å². The number of benzene rings is 1. The molecule has 2 aliphatic heterocycles. The maximum absolute atomic E-state index is 13.0. The van der Waals surface area contributed by atoms with E-state index >= 15 is 0 Å². The van der Waals surface area contributed by atoms with Crippen LogP contribution in [-0.4, -0.2) is 45.2 Å². The highest BCUT2D eigenvalue weighted by Gasteiger charge is 2.41. The maximum atomic E-state index is 13.0. The van der Waals surface area contributed by atoms with E-state index < -0.39 is 0 Å². The Morgan fingerprint density at radius 1 is 1.40 bits per heavy atom. The van der Waals surface area contributed by atoms with Crippen LogP contribution in [0, 0.1) is 18.7 Å². The molecule has 1 aromatic carbocycles. The molecule has 4 rings (SSSR count). The van der Waals surface area contributed by atoms with E-state index in [0.717, 1.165) is 30.8 Å². The number of carbonyl (C=O) groups excluding carboxylic acids is 1. The van der Waals surface area contributed by atoms with Crippen molar-refractivity contribution in [2.24, 2.45) is 5.92 Å². The highest BCUT2D eigenvalue weighted by atomic mass is 19.1. The monoisotopic (exact) mass is 344 g/mol. The second-order valence-electron chi connectivity index (χ2n) is 6.87. The van der Waals surface area contributed by atoms with Gasteiger partial charge in [0.05, 0.1) is 12.5 Å². The molecule has 0 radical (unpaired) electrons. The number of amides is 1. The molecule has 1 N–H and O–H groups in total. The van der Waals surface area contributed by atoms with Gasteiger partial charge >= 0.3 is 0 Å². The number of halogens is 1. The van der Waals surface area contributed by atoms with Crippen molar-refractivity contribution in [3.8, 4) is 0 Å². The minimum atomic E-state index is -0.287. The second-order valence-corrected chi connectivity index (χ2v) is 6.87. The normalized spacial score (nSPS) is 25.8. The fraction of sp³-hybridized carbons (Fsp3) is 0.500. The van der Waals surface area contributed by atoms with E-state index in [4.69, 9.17) is 4.74 Å². The van der Waals surface area contributed by atoms with Crippen molar-refractivity contribution in [2.45, 2.75) is 38.4 Å². The first kappa shape index (κ1) is 16.2. The van der Waals surface area contributed by atoms with Gasteiger partial charge in [-0.05, 0) is 43.4 Å². The molecule has 0 unspecified atom stereocenters. The molecule has 2 saturated heterocycles. The van der Waals surface area contributed by atoms with Crippen molar-refractivity contribution in [3.63, 3.8) is 0 Å². The van der Waals surface area contributed by atoms with Gasteiger partial charge in [0.2, 0.25) is 5.91 Å². The molecular weight excluding hydrogens is 323 g/mol. The van der Waals surface area contributed by atoms with Crippen LogP contribution < -0.4 is 0 Å². The molecule has 0 aliphatic carbocycles. The lowest BCUT2D eigenvalue weighted by atomic mass is 9.91. The van der Waals surface area contributed by atoms with E-state index in [9.17, 15) is 9.18 Å². The predicted molar refractivity (Wildman–Crippen MR) is 88.1 cm³/mol. The summed E-state index contributed by atoms with van der Waals surface area (Å²) in [6, 6.07) is 6.10. The Labute approximate surface area is 145 Å². The third kappa shape index (κ3) is 3.42. The minimum absolute atomic E-state index is 0.0368. The van der Waals surface area contributed by atoms with Gasteiger partial charge in [0.25, 0.3) is 0 Å². The van der Waals surface area contributed by atoms with Crippen molar-refractivity contribution >= 4 is 5.91 Å². The van der Waals surface area contributed by atoms with Crippen molar-refractivity contribution in [3.05, 3.63) is 47.3 Å². The molecule has 0 bridgehead atoms. The minimum Gasteiger partial charge on any atom is -0.365 e. The number of nitrogens with zero attached hydrogens (tertiary/aromatic N) is 3. The Morgan fingerprint density at radius 3 is 2.92 bits per heavy atom. The number of nitrogens with one attached hydrogen (secondary N) is 1. The Kier molecular flexibility index (Phi) is 4.25. The summed E-state index contributed by atoms with van der Waals surface area (Å²) in [7, 11) is 0. The van der Waals surface area contributed by atoms with Gasteiger partial charge in [-0.15, -0.1) is 0 Å². The van der Waals surface area contributed by atoms with Gasteiger partial charge in [0.15, 0.2) is 5.82 Å². The summed E-state index contributed by atoms with van der Waals surface area (Å²) in [6.07, 6.45) is 2.07. The van der Waals surface area contributed by atoms with Crippen LogP contribution in [0.25, 0.3) is 0 Å². The average molecular weight is 344 g/mol. The zero-order valence-corrected chi connectivity index (χ0v) is 14.1. The topological polar surface area (TPSA) is 71.1 Å². The number of H-pyrrole nitrogens is 1. The van der Waals surface area contributed by atoms with E-state index in [1.54, 1.807) is 12.1 Å². The van der Waals surface area contributed by atoms with Crippen LogP contribution in [0.1, 0.15) is 36.2 Å². The number of hydrogen-bond acceptors (Lipinski definition) is 4. The molecule has 3 heterocycles. The van der Waals surface area contributed by atoms with Crippen LogP contribution >= 0.6 is 0 Å². The SMILES string of the molecule is Cc1nc([C@H]2C[C@H]3CCN(C(=O)Cc4ccc(F)cc4)C[C@@H]3O2)n[nH]1. The van der Waals surface area contributed by atoms with Crippen molar-refractivity contribution in [1.82, 2.24) is 20.1 Å². The summed E-state index contributed by atoms with van der Waals surface area (Å²) in [5, 5.41) is 7.05. The zero-order chi connectivity index (χ0) is 17.4. The lowest BCUT2D eigenvalue weighted by Crippen LogP contribution is -2.45. The van der Waals surface area contributed by atoms with Gasteiger partial charge in [-0.2, -0.15) is 5.10 Å². The van der Waals surface area contributed by atoms with Gasteiger partial charge in [-0.3, -0.25) is 9.89 Å². The highest BCUT2D eigenvalue weighted by molar-refractivity contribution is 5.78. The molecule has 2 fully saturated rings. The van der Waals surface area contributed by atoms with E-state index in [-0.39, 0.29) is 23.9 Å². The van der Waals surface area contributed by atoms with Gasteiger partial charge in [-0.1, -0.05) is 12.1 Å². The summed E-state index contributed by atoms with van der Waals surface area (Å²) in [4.78, 5) is 18.8. The van der Waals surface area contributed by atoms with Gasteiger partial charge in [0, 0.05) is 13.1 Å². The lowest BCUT2D eigenvalue weighted by Gasteiger charge is -2.34. The molecule has 1 aromatic heterocycles. The number of rotatable bonds is 3. The van der Waals surface area contributed by atoms with Crippen LogP contribution in [-0.2, 0) is 16.0 Å². The number of aromatic nitrogens is 3. The first-order chi connectivity index (χ1) is 12.1. The van der Waals surface area contributed by atoms with Crippen LogP contribution in [0.4, 0.5) is 4.39 Å². The number of piperidine rings is 1. The van der Waals surface area contributed by atoms with Gasteiger partial charge in [0.1, 0.15) is 17.7 Å². The van der Waals surface area contributed by atoms with Crippen LogP contribution in [0.15, 0.2) is 24.3 Å². The first-order valence-corrected chi connectivity index (χ1v) is 8.65. The third-order valence-electron chi connectivity index (χ3n) is 5.08. The first-order valence-electron chi connectivity index (χ1n) is 8.65. The molecule has 2 aliphatic rings. The Bertz CT molecular complexity index is 761. The number of likely N-dealkylation sites (tertiary alicyclic amines) is 1. The average Bonchev–Trinajstić information content (AvgIpc) is 3.22. The maximum Gasteiger partial charge on any atom is 0.227 e. The third-order valence-corrected chi connectivity index (χ3v) is 5.08. The van der Waals surface area contributed by atoms with E-state index in [1.165, 1.54) is 12.1 Å². The summed E-state index contributed by atoms with van der Waals surface area (Å²) in [5.74, 6) is 1.70. The van der Waals surface area contributed by atoms with Crippen molar-refractivity contribution < 1.29 is 13.9 Å². The Morgan fingerprint density at radius 2 is 2.20 bits per heavy atom. The fourth-order valence-corrected chi connectivity index (χ4v) is 3.72. The molecule has 6 nitrogen and oxygen atoms in total. The van der Waals surface area contributed by atoms with E-state index in [0.29, 0.717) is 24.7 Å². The zero-order valence-electron chi connectivity index (χ0n) is 14.1. The standard InChI is InChI=1S/C18H21FN4O2/c1-11-20-18(22-21-11)15-9-13-6-7-23(10-16(13)25-15)17(24)8-12-2-4-14(19)5-3-12/h2-5,13,15-16H,6-10H2,1H3,(H,20,21,22)/t13-,15-,16+/m1/s1. The molecular formula is C18H21FN4O2. The summed E-state index contributed by atoms with van der Waals surface area (Å²) < 4.78 is 19.1. The summed E-state index contributed by atoms with van der Waals surface area (Å²) >= 11 is 0. The molecule has 25 heavy (non-hydrogen) atoms. The molecule has 0 spiro atoms. The molecule has 2 aromatic rings. The number of aromatic amines is 1. The number of aryl methyl sites for hydroxylation is 1. The Hall–Kier alpha value is -2.28. The second kappa shape index (κ2) is 6.55. The van der Waals surface area contributed by atoms with Gasteiger partial charge < -0.3 is 9.64 Å². The van der Waals surface area contributed by atoms with E-state index in [2.05, 4.69) is 15.2 Å². The number of ether oxygens (including phenoxy) is 1. The fourth-order valence-electron chi connectivity index (χ4n) is 3.72. The molecule has 0 saturated carbocycles. The molecule has 1 amide bonds. The molecule has 132 valence electrons. The largest absolute Gasteiger partial charge is 0.365 e. The predicted octanol–water partition coefficient (Wildman–Crippen LogP) is 2.17. The number of hydrogen-bond donors (Lipinski definition) is 1. The van der Waals surface area contributed by atoms with Gasteiger partial charge in [-0.25, -0.2) is 9.37 Å². The van der Waals surface area contributed by atoms with Crippen LogP contribution in [0.2, 0.25) is 0 Å². The smallest absolute Gasteiger partial charge is 0.227 e. The van der Waals surface area contributed by atoms with Crippen LogP contribution in [0.5, 0.6) is 0 Å². The van der Waals surface area contributed by atoms with Crippen molar-refractivity contribution in [1.29, 1.82) is 0 Å². The quantitative estimate of drug-likeness (QED) is 0.926. The van der Waals surface area contributed by atoms with Crippen molar-refractivity contribution in [2.75, 3.05) is 13.1 Å². The number of fused-ring (bicyclic) bond motifs is 1. The molecule has 3 atom stereocenters. The lowest BCUT2D eigenvalue weighted by molar-refractivity contribution is -0.135. The summed E-state index contributed by atoms with van der Waals surface area (Å²) in [6.45, 7) is 3.21. The summed E-state index contributed by atoms with van der Waals surface area (Å²) in [5.41, 5.74) is 0.829. The molecule has 7 heteroatoms. The highest BCUT2D eigenvalue weighted by Crippen LogP contribution is 2.39. The number of carbonyl (C=O) groups is 1. The van der Waals surface area contributed by atoms with E-state index in [1.807, 2.05) is 11.8 Å². The Balaban J connectivity index is 1.37.